The fourth-order valence-electron chi connectivity index (χ4n) is 4.52. The number of esters is 2. The molecule has 4 nitrogen and oxygen atoms in total. The first-order valence-corrected chi connectivity index (χ1v) is 14.4. The zero-order valence-electron chi connectivity index (χ0n) is 23.4. The first-order valence-electron chi connectivity index (χ1n) is 14.4. The van der Waals surface area contributed by atoms with Crippen LogP contribution < -0.4 is 4.74 Å². The van der Waals surface area contributed by atoms with E-state index in [1.165, 1.54) is 64.2 Å². The summed E-state index contributed by atoms with van der Waals surface area (Å²) in [5, 5.41) is 0. The highest BCUT2D eigenvalue weighted by Crippen LogP contribution is 2.36. The summed E-state index contributed by atoms with van der Waals surface area (Å²) in [5.41, 5.74) is -3.25. The monoisotopic (exact) mass is 546 g/mol. The molecule has 0 fully saturated rings. The van der Waals surface area contributed by atoms with Gasteiger partial charge in [-0.1, -0.05) is 110 Å². The van der Waals surface area contributed by atoms with Gasteiger partial charge in [-0.05, 0) is 31.4 Å². The molecule has 0 atom stereocenters. The van der Waals surface area contributed by atoms with Crippen LogP contribution in [0.2, 0.25) is 0 Å². The number of halogens is 4. The van der Waals surface area contributed by atoms with Gasteiger partial charge in [0.05, 0.1) is 12.2 Å². The van der Waals surface area contributed by atoms with Gasteiger partial charge in [-0.25, -0.2) is 4.39 Å². The van der Waals surface area contributed by atoms with Gasteiger partial charge in [-0.2, -0.15) is 13.2 Å². The second-order valence-electron chi connectivity index (χ2n) is 10.0. The summed E-state index contributed by atoms with van der Waals surface area (Å²) < 4.78 is 63.6. The molecule has 1 rings (SSSR count). The Hall–Kier alpha value is -2.12. The summed E-state index contributed by atoms with van der Waals surface area (Å²) in [5.74, 6) is -4.47. The normalized spacial score (nSPS) is 12.0. The van der Waals surface area contributed by atoms with Gasteiger partial charge in [0, 0.05) is 0 Å². The van der Waals surface area contributed by atoms with Crippen molar-refractivity contribution in [1.29, 1.82) is 0 Å². The Morgan fingerprint density at radius 2 is 1.18 bits per heavy atom. The van der Waals surface area contributed by atoms with E-state index >= 15 is 0 Å². The van der Waals surface area contributed by atoms with E-state index in [0.29, 0.717) is 12.5 Å². The molecule has 38 heavy (non-hydrogen) atoms. The van der Waals surface area contributed by atoms with Crippen LogP contribution in [0.15, 0.2) is 18.2 Å². The topological polar surface area (TPSA) is 52.6 Å². The molecule has 0 N–H and O–H groups in total. The Kier molecular flexibility index (Phi) is 16.3. The minimum absolute atomic E-state index is 0.0144. The maximum Gasteiger partial charge on any atom is 0.419 e. The van der Waals surface area contributed by atoms with Crippen LogP contribution in [-0.2, 0) is 20.5 Å². The van der Waals surface area contributed by atoms with E-state index in [0.717, 1.165) is 31.4 Å². The van der Waals surface area contributed by atoms with Crippen LogP contribution in [0.1, 0.15) is 129 Å². The smallest absolute Gasteiger partial charge is 0.419 e. The number of carbonyl (C=O) groups excluding carboxylic acids is 2. The van der Waals surface area contributed by atoms with Crippen molar-refractivity contribution >= 4 is 11.9 Å². The lowest BCUT2D eigenvalue weighted by Crippen LogP contribution is -2.42. The molecule has 0 bridgehead atoms. The Balaban J connectivity index is 2.37. The molecule has 0 saturated carbocycles. The van der Waals surface area contributed by atoms with Gasteiger partial charge in [0.1, 0.15) is 0 Å². The zero-order valence-corrected chi connectivity index (χ0v) is 23.4. The molecule has 0 aliphatic heterocycles. The Morgan fingerprint density at radius 3 is 1.63 bits per heavy atom. The van der Waals surface area contributed by atoms with E-state index in [-0.39, 0.29) is 19.4 Å². The largest absolute Gasteiger partial charge is 0.465 e. The number of ether oxygens (including phenoxy) is 2. The van der Waals surface area contributed by atoms with Crippen molar-refractivity contribution < 1.29 is 36.6 Å². The summed E-state index contributed by atoms with van der Waals surface area (Å²) in [6.45, 7) is 5.54. The fraction of sp³-hybridized carbons (Fsp3) is 0.733. The van der Waals surface area contributed by atoms with E-state index in [4.69, 9.17) is 9.47 Å². The number of rotatable bonds is 20. The molecule has 1 aromatic rings. The average Bonchev–Trinajstić information content (AvgIpc) is 2.88. The van der Waals surface area contributed by atoms with Gasteiger partial charge in [0.25, 0.3) is 0 Å². The molecule has 1 aromatic carbocycles. The number of alkyl halides is 3. The van der Waals surface area contributed by atoms with E-state index in [1.807, 2.05) is 0 Å². The number of carbonyl (C=O) groups is 2. The van der Waals surface area contributed by atoms with Gasteiger partial charge in [0.2, 0.25) is 0 Å². The summed E-state index contributed by atoms with van der Waals surface area (Å²) in [6.07, 6.45) is 11.8. The lowest BCUT2D eigenvalue weighted by Gasteiger charge is -2.27. The predicted molar refractivity (Wildman–Crippen MR) is 141 cm³/mol. The first-order chi connectivity index (χ1) is 18.1. The summed E-state index contributed by atoms with van der Waals surface area (Å²) in [4.78, 5) is 25.6. The van der Waals surface area contributed by atoms with Crippen LogP contribution in [0, 0.1) is 11.2 Å². The molecule has 0 unspecified atom stereocenters. The molecular weight excluding hydrogens is 500 g/mol. The predicted octanol–water partition coefficient (Wildman–Crippen LogP) is 9.58. The van der Waals surface area contributed by atoms with Crippen LogP contribution in [0.5, 0.6) is 5.75 Å². The fourth-order valence-corrected chi connectivity index (χ4v) is 4.52. The van der Waals surface area contributed by atoms with Crippen LogP contribution in [-0.4, -0.2) is 18.5 Å². The third-order valence-corrected chi connectivity index (χ3v) is 7.19. The van der Waals surface area contributed by atoms with Gasteiger partial charge in [0.15, 0.2) is 17.0 Å². The van der Waals surface area contributed by atoms with Crippen LogP contribution in [0.4, 0.5) is 17.6 Å². The minimum atomic E-state index is -4.94. The third-order valence-electron chi connectivity index (χ3n) is 7.19. The van der Waals surface area contributed by atoms with Crippen molar-refractivity contribution in [3.8, 4) is 5.75 Å². The van der Waals surface area contributed by atoms with Crippen molar-refractivity contribution in [3.05, 3.63) is 29.6 Å². The highest BCUT2D eigenvalue weighted by atomic mass is 19.4. The summed E-state index contributed by atoms with van der Waals surface area (Å²) in [7, 11) is 0. The molecule has 0 aliphatic rings. The Morgan fingerprint density at radius 1 is 0.711 bits per heavy atom. The maximum absolute atomic E-state index is 14.3. The molecular formula is C30H46F4O4. The molecule has 0 aromatic heterocycles. The lowest BCUT2D eigenvalue weighted by molar-refractivity contribution is -0.168. The maximum atomic E-state index is 14.3. The first kappa shape index (κ1) is 33.9. The SMILES string of the molecule is CCCCCCCCCCCCCCCCOC(=O)C(CC)(CC)C(=O)Oc1cccc(C(F)(F)F)c1F. The van der Waals surface area contributed by atoms with Crippen molar-refractivity contribution in [2.24, 2.45) is 5.41 Å². The summed E-state index contributed by atoms with van der Waals surface area (Å²) >= 11 is 0. The number of benzene rings is 1. The highest BCUT2D eigenvalue weighted by Gasteiger charge is 2.47. The molecule has 0 amide bonds. The number of hydrogen-bond acceptors (Lipinski definition) is 4. The highest BCUT2D eigenvalue weighted by molar-refractivity contribution is 6.00. The number of hydrogen-bond donors (Lipinski definition) is 0. The van der Waals surface area contributed by atoms with Crippen molar-refractivity contribution in [2.45, 2.75) is 130 Å². The van der Waals surface area contributed by atoms with E-state index in [9.17, 15) is 27.2 Å². The Bertz CT molecular complexity index is 819. The molecule has 0 saturated heterocycles. The molecule has 218 valence electrons. The average molecular weight is 547 g/mol. The van der Waals surface area contributed by atoms with Gasteiger partial charge >= 0.3 is 18.1 Å². The second-order valence-corrected chi connectivity index (χ2v) is 10.0. The zero-order chi connectivity index (χ0) is 28.4. The molecule has 8 heteroatoms. The van der Waals surface area contributed by atoms with Crippen LogP contribution in [0.25, 0.3) is 0 Å². The second kappa shape index (κ2) is 18.2. The van der Waals surface area contributed by atoms with E-state index in [1.54, 1.807) is 13.8 Å². The van der Waals surface area contributed by atoms with Gasteiger partial charge in [-0.15, -0.1) is 0 Å². The molecule has 0 spiro atoms. The number of unbranched alkanes of at least 4 members (excludes halogenated alkanes) is 13. The standard InChI is InChI=1S/C30H46F4O4/c1-4-7-8-9-10-11-12-13-14-15-16-17-18-19-23-37-27(35)29(5-2,6-3)28(36)38-25-22-20-21-24(26(25)31)30(32,33)34/h20-22H,4-19,23H2,1-3H3. The lowest BCUT2D eigenvalue weighted by atomic mass is 9.82. The Labute approximate surface area is 225 Å². The summed E-state index contributed by atoms with van der Waals surface area (Å²) in [6, 6.07) is 2.44. The molecule has 0 aliphatic carbocycles. The van der Waals surface area contributed by atoms with Crippen molar-refractivity contribution in [2.75, 3.05) is 6.61 Å². The third kappa shape index (κ3) is 11.3. The molecule has 0 radical (unpaired) electrons. The van der Waals surface area contributed by atoms with Crippen molar-refractivity contribution in [3.63, 3.8) is 0 Å². The molecule has 0 heterocycles. The quantitative estimate of drug-likeness (QED) is 0.0537. The van der Waals surface area contributed by atoms with E-state index in [2.05, 4.69) is 6.92 Å². The van der Waals surface area contributed by atoms with Crippen LogP contribution in [0.3, 0.4) is 0 Å². The van der Waals surface area contributed by atoms with Gasteiger partial charge < -0.3 is 9.47 Å². The van der Waals surface area contributed by atoms with Crippen molar-refractivity contribution in [1.82, 2.24) is 0 Å². The minimum Gasteiger partial charge on any atom is -0.465 e. The van der Waals surface area contributed by atoms with Crippen LogP contribution >= 0.6 is 0 Å². The van der Waals surface area contributed by atoms with Gasteiger partial charge in [-0.3, -0.25) is 9.59 Å². The van der Waals surface area contributed by atoms with E-state index < -0.39 is 40.7 Å².